The summed E-state index contributed by atoms with van der Waals surface area (Å²) in [6, 6.07) is 8.11. The van der Waals surface area contributed by atoms with Crippen molar-refractivity contribution in [3.05, 3.63) is 28.7 Å². The van der Waals surface area contributed by atoms with Crippen LogP contribution >= 0.6 is 27.7 Å². The molecule has 0 radical (unpaired) electrons. The van der Waals surface area contributed by atoms with Gasteiger partial charge in [0.1, 0.15) is 0 Å². The molecule has 1 aliphatic heterocycles. The Bertz CT molecular complexity index is 539. The van der Waals surface area contributed by atoms with Crippen LogP contribution in [-0.2, 0) is 9.59 Å². The highest BCUT2D eigenvalue weighted by molar-refractivity contribution is 9.10. The van der Waals surface area contributed by atoms with Crippen LogP contribution in [0.5, 0.6) is 0 Å². The van der Waals surface area contributed by atoms with E-state index in [-0.39, 0.29) is 17.7 Å². The maximum absolute atomic E-state index is 12.0. The monoisotopic (exact) mass is 399 g/mol. The summed E-state index contributed by atoms with van der Waals surface area (Å²) >= 11 is 5.12. The average molecular weight is 400 g/mol. The van der Waals surface area contributed by atoms with Gasteiger partial charge < -0.3 is 11.1 Å². The molecule has 1 aromatic rings. The highest BCUT2D eigenvalue weighted by Crippen LogP contribution is 2.20. The number of piperidine rings is 1. The first-order chi connectivity index (χ1) is 11.0. The standard InChI is InChI=1S/C16H22BrN3O2S/c17-13-3-5-14(6-4-13)23-9-7-19-15(21)11-20-8-1-2-12(10-20)16(18)22/h3-6,12H,1-2,7-11H2,(H2,18,22)(H,19,21)/t12-/m1/s1. The van der Waals surface area contributed by atoms with Crippen LogP contribution < -0.4 is 11.1 Å². The minimum absolute atomic E-state index is 0.00604. The maximum atomic E-state index is 12.0. The molecule has 7 heteroatoms. The zero-order chi connectivity index (χ0) is 16.7. The normalized spacial score (nSPS) is 18.6. The quantitative estimate of drug-likeness (QED) is 0.541. The number of carbonyl (C=O) groups excluding carboxylic acids is 2. The second-order valence-electron chi connectivity index (χ2n) is 5.63. The molecule has 3 N–H and O–H groups in total. The smallest absolute Gasteiger partial charge is 0.234 e. The number of rotatable bonds is 7. The lowest BCUT2D eigenvalue weighted by atomic mass is 9.97. The number of benzene rings is 1. The van der Waals surface area contributed by atoms with E-state index in [1.807, 2.05) is 29.2 Å². The molecular formula is C16H22BrN3O2S. The van der Waals surface area contributed by atoms with Crippen LogP contribution in [0.3, 0.4) is 0 Å². The zero-order valence-electron chi connectivity index (χ0n) is 13.0. The third-order valence-corrected chi connectivity index (χ3v) is 5.32. The van der Waals surface area contributed by atoms with Crippen molar-refractivity contribution in [3.63, 3.8) is 0 Å². The van der Waals surface area contributed by atoms with E-state index >= 15 is 0 Å². The maximum Gasteiger partial charge on any atom is 0.234 e. The summed E-state index contributed by atoms with van der Waals surface area (Å²) in [6.07, 6.45) is 1.75. The van der Waals surface area contributed by atoms with Crippen LogP contribution in [-0.4, -0.2) is 48.6 Å². The van der Waals surface area contributed by atoms with Crippen LogP contribution in [0.1, 0.15) is 12.8 Å². The molecule has 2 rings (SSSR count). The van der Waals surface area contributed by atoms with E-state index < -0.39 is 0 Å². The number of primary amides is 1. The summed E-state index contributed by atoms with van der Waals surface area (Å²) in [7, 11) is 0. The van der Waals surface area contributed by atoms with Gasteiger partial charge in [-0.1, -0.05) is 15.9 Å². The highest BCUT2D eigenvalue weighted by Gasteiger charge is 2.24. The topological polar surface area (TPSA) is 75.4 Å². The van der Waals surface area contributed by atoms with Gasteiger partial charge in [0.15, 0.2) is 0 Å². The lowest BCUT2D eigenvalue weighted by Gasteiger charge is -2.30. The van der Waals surface area contributed by atoms with Gasteiger partial charge in [0.2, 0.25) is 11.8 Å². The first-order valence-corrected chi connectivity index (χ1v) is 9.49. The number of carbonyl (C=O) groups is 2. The van der Waals surface area contributed by atoms with Crippen molar-refractivity contribution in [2.24, 2.45) is 11.7 Å². The molecule has 0 aliphatic carbocycles. The third kappa shape index (κ3) is 6.53. The summed E-state index contributed by atoms with van der Waals surface area (Å²) in [6.45, 7) is 2.42. The predicted octanol–water partition coefficient (Wildman–Crippen LogP) is 1.85. The van der Waals surface area contributed by atoms with Gasteiger partial charge in [-0.3, -0.25) is 14.5 Å². The number of thioether (sulfide) groups is 1. The number of halogens is 1. The number of amides is 2. The van der Waals surface area contributed by atoms with E-state index in [2.05, 4.69) is 21.2 Å². The zero-order valence-corrected chi connectivity index (χ0v) is 15.4. The number of nitrogens with zero attached hydrogens (tertiary/aromatic N) is 1. The van der Waals surface area contributed by atoms with E-state index in [1.54, 1.807) is 11.8 Å². The van der Waals surface area contributed by atoms with Crippen LogP contribution in [0.15, 0.2) is 33.6 Å². The Hall–Kier alpha value is -1.05. The summed E-state index contributed by atoms with van der Waals surface area (Å²) in [4.78, 5) is 26.4. The van der Waals surface area contributed by atoms with Crippen LogP contribution in [0.4, 0.5) is 0 Å². The minimum Gasteiger partial charge on any atom is -0.369 e. The van der Waals surface area contributed by atoms with Gasteiger partial charge in [0.25, 0.3) is 0 Å². The third-order valence-electron chi connectivity index (χ3n) is 3.78. The molecular weight excluding hydrogens is 378 g/mol. The number of nitrogens with one attached hydrogen (secondary N) is 1. The molecule has 1 fully saturated rings. The molecule has 0 saturated carbocycles. The van der Waals surface area contributed by atoms with Crippen molar-refractivity contribution in [1.82, 2.24) is 10.2 Å². The predicted molar refractivity (Wildman–Crippen MR) is 96.2 cm³/mol. The van der Waals surface area contributed by atoms with Crippen LogP contribution in [0.25, 0.3) is 0 Å². The lowest BCUT2D eigenvalue weighted by molar-refractivity contribution is -0.126. The molecule has 1 aromatic carbocycles. The summed E-state index contributed by atoms with van der Waals surface area (Å²) < 4.78 is 1.06. The molecule has 0 aromatic heterocycles. The van der Waals surface area contributed by atoms with Crippen LogP contribution in [0.2, 0.25) is 0 Å². The van der Waals surface area contributed by atoms with E-state index in [9.17, 15) is 9.59 Å². The van der Waals surface area contributed by atoms with Crippen molar-refractivity contribution in [2.75, 3.05) is 31.9 Å². The molecule has 1 heterocycles. The van der Waals surface area contributed by atoms with E-state index in [4.69, 9.17) is 5.73 Å². The van der Waals surface area contributed by atoms with Crippen LogP contribution in [0, 0.1) is 5.92 Å². The van der Waals surface area contributed by atoms with Crippen molar-refractivity contribution in [1.29, 1.82) is 0 Å². The first kappa shape index (κ1) is 18.3. The fourth-order valence-electron chi connectivity index (χ4n) is 2.58. The summed E-state index contributed by atoms with van der Waals surface area (Å²) in [5.41, 5.74) is 5.35. The van der Waals surface area contributed by atoms with Crippen molar-refractivity contribution in [2.45, 2.75) is 17.7 Å². The second kappa shape index (κ2) is 9.30. The molecule has 0 unspecified atom stereocenters. The molecule has 23 heavy (non-hydrogen) atoms. The molecule has 0 spiro atoms. The van der Waals surface area contributed by atoms with E-state index in [0.717, 1.165) is 29.6 Å². The molecule has 1 saturated heterocycles. The van der Waals surface area contributed by atoms with Crippen molar-refractivity contribution < 1.29 is 9.59 Å². The molecule has 2 amide bonds. The molecule has 126 valence electrons. The SMILES string of the molecule is NC(=O)[C@@H]1CCCN(CC(=O)NCCSc2ccc(Br)cc2)C1. The summed E-state index contributed by atoms with van der Waals surface area (Å²) in [5, 5.41) is 2.93. The highest BCUT2D eigenvalue weighted by atomic mass is 79.9. The van der Waals surface area contributed by atoms with Gasteiger partial charge in [-0.25, -0.2) is 0 Å². The Morgan fingerprint density at radius 2 is 2.09 bits per heavy atom. The van der Waals surface area contributed by atoms with Crippen molar-refractivity contribution in [3.8, 4) is 0 Å². The summed E-state index contributed by atoms with van der Waals surface area (Å²) in [5.74, 6) is 0.453. The number of hydrogen-bond acceptors (Lipinski definition) is 4. The second-order valence-corrected chi connectivity index (χ2v) is 7.71. The molecule has 1 aliphatic rings. The van der Waals surface area contributed by atoms with E-state index in [1.165, 1.54) is 4.90 Å². The molecule has 5 nitrogen and oxygen atoms in total. The Labute approximate surface area is 149 Å². The number of likely N-dealkylation sites (tertiary alicyclic amines) is 1. The fourth-order valence-corrected chi connectivity index (χ4v) is 3.61. The Kier molecular flexibility index (Phi) is 7.39. The fraction of sp³-hybridized carbons (Fsp3) is 0.500. The Morgan fingerprint density at radius 1 is 1.35 bits per heavy atom. The van der Waals surface area contributed by atoms with Gasteiger partial charge in [0.05, 0.1) is 12.5 Å². The Balaban J connectivity index is 1.63. The number of hydrogen-bond donors (Lipinski definition) is 2. The van der Waals surface area contributed by atoms with Crippen molar-refractivity contribution >= 4 is 39.5 Å². The first-order valence-electron chi connectivity index (χ1n) is 7.71. The van der Waals surface area contributed by atoms with Gasteiger partial charge in [0, 0.05) is 28.2 Å². The van der Waals surface area contributed by atoms with E-state index in [0.29, 0.717) is 19.6 Å². The number of nitrogens with two attached hydrogens (primary N) is 1. The molecule has 0 bridgehead atoms. The Morgan fingerprint density at radius 3 is 2.78 bits per heavy atom. The average Bonchev–Trinajstić information content (AvgIpc) is 2.53. The largest absolute Gasteiger partial charge is 0.369 e. The molecule has 1 atom stereocenters. The lowest BCUT2D eigenvalue weighted by Crippen LogP contribution is -2.45. The van der Waals surface area contributed by atoms with Gasteiger partial charge >= 0.3 is 0 Å². The van der Waals surface area contributed by atoms with Gasteiger partial charge in [-0.2, -0.15) is 0 Å². The van der Waals surface area contributed by atoms with Gasteiger partial charge in [-0.05, 0) is 43.7 Å². The van der Waals surface area contributed by atoms with Gasteiger partial charge in [-0.15, -0.1) is 11.8 Å². The minimum atomic E-state index is -0.263.